The first-order chi connectivity index (χ1) is 24.0. The number of hydrogen-bond donors (Lipinski definition) is 2. The van der Waals surface area contributed by atoms with Crippen molar-refractivity contribution in [2.45, 2.75) is 13.8 Å². The molecule has 0 spiro atoms. The van der Waals surface area contributed by atoms with E-state index in [-0.39, 0.29) is 18.4 Å². The van der Waals surface area contributed by atoms with Crippen LogP contribution in [0.1, 0.15) is 28.4 Å². The summed E-state index contributed by atoms with van der Waals surface area (Å²) in [5.74, 6) is 0.273. The number of para-hydroxylation sites is 1. The van der Waals surface area contributed by atoms with E-state index in [4.69, 9.17) is 9.47 Å². The largest absolute Gasteiger partial charge is 0.490 e. The molecule has 2 amide bonds. The lowest BCUT2D eigenvalue weighted by molar-refractivity contribution is -0.118. The molecule has 8 heteroatoms. The van der Waals surface area contributed by atoms with Gasteiger partial charge >= 0.3 is 0 Å². The molecule has 5 aromatic carbocycles. The smallest absolute Gasteiger partial charge is 0.271 e. The minimum absolute atomic E-state index is 0.178. The van der Waals surface area contributed by atoms with E-state index < -0.39 is 0 Å². The van der Waals surface area contributed by atoms with Crippen LogP contribution in [-0.4, -0.2) is 35.8 Å². The fraction of sp³-hybridized carbons (Fsp3) is 0.0976. The molecule has 1 aromatic heterocycles. The van der Waals surface area contributed by atoms with Gasteiger partial charge in [-0.3, -0.25) is 9.59 Å². The molecule has 0 saturated carbocycles. The van der Waals surface area contributed by atoms with Gasteiger partial charge in [0.15, 0.2) is 18.1 Å². The first kappa shape index (κ1) is 32.5. The van der Waals surface area contributed by atoms with Gasteiger partial charge in [0.05, 0.1) is 24.2 Å². The molecule has 244 valence electrons. The molecule has 0 aliphatic heterocycles. The van der Waals surface area contributed by atoms with E-state index in [1.54, 1.807) is 30.3 Å². The van der Waals surface area contributed by atoms with Gasteiger partial charge in [-0.05, 0) is 96.8 Å². The Morgan fingerprint density at radius 1 is 0.714 bits per heavy atom. The molecule has 8 nitrogen and oxygen atoms in total. The van der Waals surface area contributed by atoms with Gasteiger partial charge in [0, 0.05) is 16.9 Å². The third kappa shape index (κ3) is 7.94. The van der Waals surface area contributed by atoms with Gasteiger partial charge in [-0.1, -0.05) is 78.9 Å². The predicted molar refractivity (Wildman–Crippen MR) is 195 cm³/mol. The van der Waals surface area contributed by atoms with Crippen molar-refractivity contribution in [3.8, 4) is 39.7 Å². The molecule has 0 bridgehead atoms. The molecule has 6 aromatic rings. The van der Waals surface area contributed by atoms with E-state index in [0.29, 0.717) is 29.2 Å². The molecule has 1 heterocycles. The van der Waals surface area contributed by atoms with Crippen molar-refractivity contribution in [2.75, 3.05) is 18.5 Å². The Hall–Kier alpha value is -6.41. The molecule has 2 N–H and O–H groups in total. The topological polar surface area (TPSA) is 93.9 Å². The highest BCUT2D eigenvalue weighted by atomic mass is 16.5. The first-order valence-corrected chi connectivity index (χ1v) is 16.0. The number of ether oxygens (including phenoxy) is 2. The monoisotopic (exact) mass is 648 g/mol. The molecule has 0 aliphatic rings. The lowest BCUT2D eigenvalue weighted by Crippen LogP contribution is -2.20. The Labute approximate surface area is 285 Å². The van der Waals surface area contributed by atoms with Gasteiger partial charge in [-0.2, -0.15) is 5.10 Å². The van der Waals surface area contributed by atoms with Crippen LogP contribution in [0.25, 0.3) is 28.2 Å². The van der Waals surface area contributed by atoms with Crippen molar-refractivity contribution in [3.05, 3.63) is 156 Å². The summed E-state index contributed by atoms with van der Waals surface area (Å²) in [5, 5.41) is 7.02. The zero-order valence-electron chi connectivity index (χ0n) is 27.3. The van der Waals surface area contributed by atoms with Crippen molar-refractivity contribution in [2.24, 2.45) is 5.10 Å². The Morgan fingerprint density at radius 2 is 1.35 bits per heavy atom. The van der Waals surface area contributed by atoms with Crippen LogP contribution in [0.3, 0.4) is 0 Å². The van der Waals surface area contributed by atoms with Crippen molar-refractivity contribution < 1.29 is 19.1 Å². The lowest BCUT2D eigenvalue weighted by Gasteiger charge is -2.15. The maximum Gasteiger partial charge on any atom is 0.271 e. The van der Waals surface area contributed by atoms with Crippen LogP contribution in [0, 0.1) is 6.92 Å². The van der Waals surface area contributed by atoms with E-state index in [9.17, 15) is 9.59 Å². The van der Waals surface area contributed by atoms with Gasteiger partial charge in [-0.15, -0.1) is 0 Å². The number of hydrazone groups is 1. The molecule has 0 aliphatic carbocycles. The van der Waals surface area contributed by atoms with E-state index >= 15 is 0 Å². The molecule has 0 saturated heterocycles. The van der Waals surface area contributed by atoms with Crippen LogP contribution in [0.5, 0.6) is 11.5 Å². The van der Waals surface area contributed by atoms with Crippen molar-refractivity contribution in [1.29, 1.82) is 0 Å². The Balaban J connectivity index is 1.12. The molecular weight excluding hydrogens is 612 g/mol. The van der Waals surface area contributed by atoms with Crippen LogP contribution in [-0.2, 0) is 4.79 Å². The Morgan fingerprint density at radius 3 is 1.98 bits per heavy atom. The number of anilines is 1. The summed E-state index contributed by atoms with van der Waals surface area (Å²) in [4.78, 5) is 25.5. The van der Waals surface area contributed by atoms with E-state index in [1.807, 2.05) is 86.6 Å². The number of hydrogen-bond acceptors (Lipinski definition) is 5. The van der Waals surface area contributed by atoms with Gasteiger partial charge in [0.25, 0.3) is 11.8 Å². The zero-order valence-corrected chi connectivity index (χ0v) is 27.3. The molecule has 0 radical (unpaired) electrons. The summed E-state index contributed by atoms with van der Waals surface area (Å²) in [6.07, 6.45) is 1.53. The van der Waals surface area contributed by atoms with E-state index in [0.717, 1.165) is 39.5 Å². The molecule has 0 unspecified atom stereocenters. The normalized spacial score (nSPS) is 10.9. The summed E-state index contributed by atoms with van der Waals surface area (Å²) < 4.78 is 13.7. The third-order valence-corrected chi connectivity index (χ3v) is 7.83. The average Bonchev–Trinajstić information content (AvgIpc) is 3.59. The fourth-order valence-corrected chi connectivity index (χ4v) is 5.41. The van der Waals surface area contributed by atoms with E-state index in [1.165, 1.54) is 6.21 Å². The highest BCUT2D eigenvalue weighted by Gasteiger charge is 2.15. The first-order valence-electron chi connectivity index (χ1n) is 16.0. The standard InChI is InChI=1S/C41H36N4O4/c1-3-48-39-26-30(18-25-38(39)49-28-40(46)43-35-17-11-10-12-29(35)2)27-42-44-41(47)33-19-21-34(22-20-33)45-36(31-13-6-4-7-14-31)23-24-37(45)32-15-8-5-9-16-32/h4-27H,3,28H2,1-2H3,(H,43,46)(H,44,47)/b42-27-. The van der Waals surface area contributed by atoms with Crippen LogP contribution in [0.4, 0.5) is 5.69 Å². The number of carbonyl (C=O) groups is 2. The summed E-state index contributed by atoms with van der Waals surface area (Å²) in [5.41, 5.74) is 10.7. The SMILES string of the molecule is CCOc1cc(/C=N\NC(=O)c2ccc(-n3c(-c4ccccc4)ccc3-c3ccccc3)cc2)ccc1OCC(=O)Nc1ccccc1C. The second kappa shape index (κ2) is 15.5. The zero-order chi connectivity index (χ0) is 34.0. The van der Waals surface area contributed by atoms with Gasteiger partial charge in [0.1, 0.15) is 0 Å². The van der Waals surface area contributed by atoms with Crippen LogP contribution < -0.4 is 20.2 Å². The number of carbonyl (C=O) groups excluding carboxylic acids is 2. The molecule has 0 fully saturated rings. The number of aryl methyl sites for hydroxylation is 1. The van der Waals surface area contributed by atoms with Crippen LogP contribution >= 0.6 is 0 Å². The number of nitrogens with one attached hydrogen (secondary N) is 2. The maximum absolute atomic E-state index is 13.0. The Bertz CT molecular complexity index is 2010. The van der Waals surface area contributed by atoms with E-state index in [2.05, 4.69) is 56.8 Å². The average molecular weight is 649 g/mol. The van der Waals surface area contributed by atoms with Gasteiger partial charge < -0.3 is 19.4 Å². The minimum atomic E-state index is -0.341. The van der Waals surface area contributed by atoms with Crippen molar-refractivity contribution >= 4 is 23.7 Å². The fourth-order valence-electron chi connectivity index (χ4n) is 5.41. The predicted octanol–water partition coefficient (Wildman–Crippen LogP) is 8.30. The number of rotatable bonds is 12. The quantitative estimate of drug-likeness (QED) is 0.103. The maximum atomic E-state index is 13.0. The highest BCUT2D eigenvalue weighted by molar-refractivity contribution is 5.95. The number of aromatic nitrogens is 1. The number of amides is 2. The van der Waals surface area contributed by atoms with Gasteiger partial charge in [-0.25, -0.2) is 5.43 Å². The molecule has 6 rings (SSSR count). The lowest BCUT2D eigenvalue weighted by atomic mass is 10.1. The second-order valence-corrected chi connectivity index (χ2v) is 11.2. The number of benzene rings is 5. The summed E-state index contributed by atoms with van der Waals surface area (Å²) in [6, 6.07) is 44.9. The molecular formula is C41H36N4O4. The van der Waals surface area contributed by atoms with Crippen molar-refractivity contribution in [1.82, 2.24) is 9.99 Å². The molecule has 0 atom stereocenters. The number of nitrogens with zero attached hydrogens (tertiary/aromatic N) is 2. The van der Waals surface area contributed by atoms with Crippen LogP contribution in [0.2, 0.25) is 0 Å². The van der Waals surface area contributed by atoms with Crippen LogP contribution in [0.15, 0.2) is 145 Å². The summed E-state index contributed by atoms with van der Waals surface area (Å²) >= 11 is 0. The summed E-state index contributed by atoms with van der Waals surface area (Å²) in [7, 11) is 0. The summed E-state index contributed by atoms with van der Waals surface area (Å²) in [6.45, 7) is 4.02. The third-order valence-electron chi connectivity index (χ3n) is 7.83. The minimum Gasteiger partial charge on any atom is -0.490 e. The highest BCUT2D eigenvalue weighted by Crippen LogP contribution is 2.32. The van der Waals surface area contributed by atoms with Crippen molar-refractivity contribution in [3.63, 3.8) is 0 Å². The molecule has 49 heavy (non-hydrogen) atoms. The second-order valence-electron chi connectivity index (χ2n) is 11.2. The van der Waals surface area contributed by atoms with Gasteiger partial charge in [0.2, 0.25) is 0 Å². The Kier molecular flexibility index (Phi) is 10.3.